The summed E-state index contributed by atoms with van der Waals surface area (Å²) in [6.07, 6.45) is -0.755. The molecule has 6 nitrogen and oxygen atoms in total. The second-order valence-electron chi connectivity index (χ2n) is 4.26. The van der Waals surface area contributed by atoms with E-state index in [0.717, 1.165) is 0 Å². The number of morpholine rings is 1. The number of alkyl carbamates (subject to hydrolysis) is 1. The third-order valence-corrected chi connectivity index (χ3v) is 2.37. The van der Waals surface area contributed by atoms with Crippen molar-refractivity contribution in [2.75, 3.05) is 26.3 Å². The summed E-state index contributed by atoms with van der Waals surface area (Å²) in [6.45, 7) is 7.42. The van der Waals surface area contributed by atoms with Crippen molar-refractivity contribution in [2.45, 2.75) is 32.9 Å². The molecule has 1 heterocycles. The maximum absolute atomic E-state index is 11.9. The Morgan fingerprint density at radius 1 is 1.24 bits per heavy atom. The molecule has 1 aliphatic heterocycles. The van der Waals surface area contributed by atoms with Crippen LogP contribution in [-0.2, 0) is 14.3 Å². The van der Waals surface area contributed by atoms with E-state index in [2.05, 4.69) is 5.32 Å². The first-order chi connectivity index (χ1) is 8.00. The molecule has 2 amide bonds. The summed E-state index contributed by atoms with van der Waals surface area (Å²) in [6, 6.07) is -0.570. The van der Waals surface area contributed by atoms with Crippen LogP contribution < -0.4 is 5.32 Å². The zero-order valence-corrected chi connectivity index (χ0v) is 10.6. The molecule has 6 heteroatoms. The minimum atomic E-state index is -0.570. The summed E-state index contributed by atoms with van der Waals surface area (Å²) in [7, 11) is 0. The molecule has 1 rings (SSSR count). The number of hydrogen-bond acceptors (Lipinski definition) is 4. The summed E-state index contributed by atoms with van der Waals surface area (Å²) < 4.78 is 10.1. The SMILES string of the molecule is CC(C)OC(=O)NC(C)C(=O)N1CCOCC1. The second kappa shape index (κ2) is 6.44. The van der Waals surface area contributed by atoms with Crippen LogP contribution in [0.1, 0.15) is 20.8 Å². The van der Waals surface area contributed by atoms with E-state index < -0.39 is 12.1 Å². The highest BCUT2D eigenvalue weighted by Gasteiger charge is 2.24. The number of nitrogens with zero attached hydrogens (tertiary/aromatic N) is 1. The molecule has 1 atom stereocenters. The fourth-order valence-electron chi connectivity index (χ4n) is 1.54. The van der Waals surface area contributed by atoms with Gasteiger partial charge in [-0.05, 0) is 20.8 Å². The Morgan fingerprint density at radius 2 is 1.82 bits per heavy atom. The number of carbonyl (C=O) groups excluding carboxylic acids is 2. The average Bonchev–Trinajstić information content (AvgIpc) is 2.28. The van der Waals surface area contributed by atoms with Gasteiger partial charge in [0, 0.05) is 13.1 Å². The van der Waals surface area contributed by atoms with Crippen molar-refractivity contribution in [3.8, 4) is 0 Å². The highest BCUT2D eigenvalue weighted by molar-refractivity contribution is 5.85. The lowest BCUT2D eigenvalue weighted by molar-refractivity contribution is -0.137. The van der Waals surface area contributed by atoms with Crippen molar-refractivity contribution < 1.29 is 19.1 Å². The minimum absolute atomic E-state index is 0.103. The van der Waals surface area contributed by atoms with Gasteiger partial charge in [0.15, 0.2) is 0 Å². The number of carbonyl (C=O) groups is 2. The van der Waals surface area contributed by atoms with Gasteiger partial charge in [-0.3, -0.25) is 4.79 Å². The molecule has 17 heavy (non-hydrogen) atoms. The maximum Gasteiger partial charge on any atom is 0.408 e. The minimum Gasteiger partial charge on any atom is -0.447 e. The average molecular weight is 244 g/mol. The Morgan fingerprint density at radius 3 is 2.35 bits per heavy atom. The van der Waals surface area contributed by atoms with Crippen molar-refractivity contribution in [3.63, 3.8) is 0 Å². The lowest BCUT2D eigenvalue weighted by Crippen LogP contribution is -2.50. The summed E-state index contributed by atoms with van der Waals surface area (Å²) in [5.41, 5.74) is 0. The molecule has 98 valence electrons. The lowest BCUT2D eigenvalue weighted by Gasteiger charge is -2.29. The number of nitrogens with one attached hydrogen (secondary N) is 1. The number of ether oxygens (including phenoxy) is 2. The molecule has 0 spiro atoms. The summed E-state index contributed by atoms with van der Waals surface area (Å²) in [4.78, 5) is 24.9. The molecule has 1 N–H and O–H groups in total. The van der Waals surface area contributed by atoms with E-state index in [-0.39, 0.29) is 12.0 Å². The zero-order chi connectivity index (χ0) is 12.8. The monoisotopic (exact) mass is 244 g/mol. The van der Waals surface area contributed by atoms with E-state index in [4.69, 9.17) is 9.47 Å². The first-order valence-electron chi connectivity index (χ1n) is 5.84. The van der Waals surface area contributed by atoms with E-state index in [1.165, 1.54) is 0 Å². The third kappa shape index (κ3) is 4.60. The second-order valence-corrected chi connectivity index (χ2v) is 4.26. The number of amides is 2. The predicted octanol–water partition coefficient (Wildman–Crippen LogP) is 0.368. The van der Waals surface area contributed by atoms with Gasteiger partial charge in [0.1, 0.15) is 6.04 Å². The van der Waals surface area contributed by atoms with Crippen molar-refractivity contribution in [2.24, 2.45) is 0 Å². The Labute approximate surface area is 101 Å². The first kappa shape index (κ1) is 13.8. The largest absolute Gasteiger partial charge is 0.447 e. The lowest BCUT2D eigenvalue weighted by atomic mass is 10.2. The number of hydrogen-bond donors (Lipinski definition) is 1. The summed E-state index contributed by atoms with van der Waals surface area (Å²) >= 11 is 0. The van der Waals surface area contributed by atoms with Crippen LogP contribution in [0, 0.1) is 0 Å². The van der Waals surface area contributed by atoms with Gasteiger partial charge in [-0.15, -0.1) is 0 Å². The van der Waals surface area contributed by atoms with E-state index in [9.17, 15) is 9.59 Å². The molecular formula is C11H20N2O4. The summed E-state index contributed by atoms with van der Waals surface area (Å²) in [5.74, 6) is -0.103. The van der Waals surface area contributed by atoms with Crippen molar-refractivity contribution >= 4 is 12.0 Å². The zero-order valence-electron chi connectivity index (χ0n) is 10.6. The normalized spacial score (nSPS) is 17.8. The van der Waals surface area contributed by atoms with Crippen LogP contribution in [0.2, 0.25) is 0 Å². The van der Waals surface area contributed by atoms with Crippen LogP contribution in [-0.4, -0.2) is 55.3 Å². The summed E-state index contributed by atoms with van der Waals surface area (Å²) in [5, 5.41) is 2.52. The van der Waals surface area contributed by atoms with Crippen molar-refractivity contribution in [1.29, 1.82) is 0 Å². The molecule has 0 bridgehead atoms. The van der Waals surface area contributed by atoms with Gasteiger partial charge in [-0.2, -0.15) is 0 Å². The predicted molar refractivity (Wildman–Crippen MR) is 61.6 cm³/mol. The molecule has 0 saturated carbocycles. The molecule has 1 aliphatic rings. The molecule has 1 saturated heterocycles. The fraction of sp³-hybridized carbons (Fsp3) is 0.818. The molecule has 0 aromatic heterocycles. The van der Waals surface area contributed by atoms with E-state index in [1.54, 1.807) is 25.7 Å². The molecule has 0 radical (unpaired) electrons. The molecule has 1 unspecified atom stereocenters. The smallest absolute Gasteiger partial charge is 0.408 e. The standard InChI is InChI=1S/C11H20N2O4/c1-8(2)17-11(15)12-9(3)10(14)13-4-6-16-7-5-13/h8-9H,4-7H2,1-3H3,(H,12,15). The topological polar surface area (TPSA) is 67.9 Å². The van der Waals surface area contributed by atoms with Gasteiger partial charge in [-0.1, -0.05) is 0 Å². The van der Waals surface area contributed by atoms with Crippen LogP contribution in [0.3, 0.4) is 0 Å². The molecular weight excluding hydrogens is 224 g/mol. The van der Waals surface area contributed by atoms with Crippen LogP contribution in [0.15, 0.2) is 0 Å². The van der Waals surface area contributed by atoms with E-state index in [0.29, 0.717) is 26.3 Å². The maximum atomic E-state index is 11.9. The molecule has 0 aliphatic carbocycles. The van der Waals surface area contributed by atoms with Gasteiger partial charge >= 0.3 is 6.09 Å². The van der Waals surface area contributed by atoms with Gasteiger partial charge in [0.05, 0.1) is 19.3 Å². The van der Waals surface area contributed by atoms with E-state index >= 15 is 0 Å². The van der Waals surface area contributed by atoms with Gasteiger partial charge in [0.25, 0.3) is 0 Å². The van der Waals surface area contributed by atoms with Crippen LogP contribution >= 0.6 is 0 Å². The van der Waals surface area contributed by atoms with Gasteiger partial charge in [0.2, 0.25) is 5.91 Å². The van der Waals surface area contributed by atoms with Gasteiger partial charge in [-0.25, -0.2) is 4.79 Å². The highest BCUT2D eigenvalue weighted by Crippen LogP contribution is 2.01. The number of rotatable bonds is 3. The van der Waals surface area contributed by atoms with Crippen molar-refractivity contribution in [1.82, 2.24) is 10.2 Å². The third-order valence-electron chi connectivity index (χ3n) is 2.37. The van der Waals surface area contributed by atoms with Crippen LogP contribution in [0.4, 0.5) is 4.79 Å². The molecule has 0 aromatic carbocycles. The molecule has 0 aromatic rings. The quantitative estimate of drug-likeness (QED) is 0.778. The van der Waals surface area contributed by atoms with Gasteiger partial charge < -0.3 is 19.7 Å². The highest BCUT2D eigenvalue weighted by atomic mass is 16.6. The van der Waals surface area contributed by atoms with Crippen molar-refractivity contribution in [3.05, 3.63) is 0 Å². The fourth-order valence-corrected chi connectivity index (χ4v) is 1.54. The first-order valence-corrected chi connectivity index (χ1v) is 5.84. The van der Waals surface area contributed by atoms with Crippen LogP contribution in [0.5, 0.6) is 0 Å². The Kier molecular flexibility index (Phi) is 5.21. The Bertz CT molecular complexity index is 275. The molecule has 1 fully saturated rings. The van der Waals surface area contributed by atoms with Crippen LogP contribution in [0.25, 0.3) is 0 Å². The van der Waals surface area contributed by atoms with E-state index in [1.807, 2.05) is 0 Å². The Hall–Kier alpha value is -1.30. The Balaban J connectivity index is 2.37.